The molecule has 0 fully saturated rings. The number of urea groups is 1. The number of anilines is 2. The molecule has 1 aliphatic rings. The molecule has 8 nitrogen and oxygen atoms in total. The monoisotopic (exact) mass is 459 g/mol. The Morgan fingerprint density at radius 2 is 1.83 bits per heavy atom. The van der Waals surface area contributed by atoms with Crippen LogP contribution >= 0.6 is 0 Å². The third kappa shape index (κ3) is 3.71. The van der Waals surface area contributed by atoms with Crippen molar-refractivity contribution in [2.45, 2.75) is 25.8 Å². The first-order chi connectivity index (χ1) is 16.8. The number of amides is 2. The lowest BCUT2D eigenvalue weighted by atomic mass is 9.86. The van der Waals surface area contributed by atoms with Crippen LogP contribution in [0.4, 0.5) is 22.0 Å². The van der Waals surface area contributed by atoms with E-state index in [1.165, 1.54) is 0 Å². The maximum absolute atomic E-state index is 13.4. The van der Waals surface area contributed by atoms with Crippen LogP contribution in [0.3, 0.4) is 0 Å². The molecule has 1 aromatic carbocycles. The molecule has 4 aromatic rings. The number of carbonyl (C=O) groups is 1. The number of hydrogen-bond acceptors (Lipinski definition) is 5. The lowest BCUT2D eigenvalue weighted by molar-refractivity contribution is 0.213. The van der Waals surface area contributed by atoms with E-state index in [0.717, 1.165) is 16.7 Å². The van der Waals surface area contributed by atoms with Crippen molar-refractivity contribution in [3.8, 4) is 17.3 Å². The Kier molecular flexibility index (Phi) is 5.15. The van der Waals surface area contributed by atoms with E-state index in [0.29, 0.717) is 40.5 Å². The summed E-state index contributed by atoms with van der Waals surface area (Å²) in [4.78, 5) is 33.7. The Balaban J connectivity index is 1.68. The summed E-state index contributed by atoms with van der Waals surface area (Å²) in [5, 5.41) is 9.48. The van der Waals surface area contributed by atoms with Crippen LogP contribution in [0.15, 0.2) is 60.9 Å². The van der Waals surface area contributed by atoms with Crippen molar-refractivity contribution in [3.05, 3.63) is 83.5 Å². The number of nitrogens with zero attached hydrogens (tertiary/aromatic N) is 7. The molecular weight excluding hydrogens is 438 g/mol. The molecule has 5 rings (SSSR count). The van der Waals surface area contributed by atoms with Gasteiger partial charge in [-0.05, 0) is 49.7 Å². The maximum Gasteiger partial charge on any atom is 0.329 e. The third-order valence-electron chi connectivity index (χ3n) is 6.20. The minimum atomic E-state index is -0.636. The second-order valence-electron chi connectivity index (χ2n) is 8.97. The summed E-state index contributed by atoms with van der Waals surface area (Å²) < 4.78 is 0. The fourth-order valence-corrected chi connectivity index (χ4v) is 4.14. The van der Waals surface area contributed by atoms with Crippen molar-refractivity contribution in [1.82, 2.24) is 19.9 Å². The van der Waals surface area contributed by atoms with Gasteiger partial charge in [0.15, 0.2) is 0 Å². The number of benzene rings is 1. The number of carbonyl (C=O) groups excluding carboxylic acids is 1. The molecular formula is C27H21N7O. The zero-order valence-corrected chi connectivity index (χ0v) is 19.5. The molecule has 35 heavy (non-hydrogen) atoms. The molecule has 1 aliphatic heterocycles. The Labute approximate surface area is 202 Å². The molecule has 0 aliphatic carbocycles. The molecule has 0 N–H and O–H groups in total. The minimum absolute atomic E-state index is 0.174. The van der Waals surface area contributed by atoms with Crippen molar-refractivity contribution < 1.29 is 4.79 Å². The van der Waals surface area contributed by atoms with Gasteiger partial charge < -0.3 is 9.74 Å². The average Bonchev–Trinajstić information content (AvgIpc) is 2.89. The highest BCUT2D eigenvalue weighted by Crippen LogP contribution is 2.39. The standard InChI is InChI=1S/C27H21N7O/c1-27(2,16-28)19-6-8-20(9-7-19)34-25-18(15-33(4)26(34)35)14-30-22-11-10-21(32-24(22)25)17-5-12-23(29-3)31-13-17/h5-14H,15H2,1-2,4H3. The Morgan fingerprint density at radius 1 is 1.06 bits per heavy atom. The number of hydrogen-bond donors (Lipinski definition) is 0. The van der Waals surface area contributed by atoms with Gasteiger partial charge in [0.05, 0.1) is 40.6 Å². The lowest BCUT2D eigenvalue weighted by Gasteiger charge is -2.35. The molecule has 4 heterocycles. The largest absolute Gasteiger partial charge is 0.361 e. The van der Waals surface area contributed by atoms with Crippen molar-refractivity contribution in [3.63, 3.8) is 0 Å². The first kappa shape index (κ1) is 22.0. The molecule has 0 unspecified atom stereocenters. The maximum atomic E-state index is 13.4. The van der Waals surface area contributed by atoms with Crippen molar-refractivity contribution in [1.29, 1.82) is 5.26 Å². The van der Waals surface area contributed by atoms with Crippen LogP contribution in [-0.4, -0.2) is 32.9 Å². The van der Waals surface area contributed by atoms with Crippen LogP contribution < -0.4 is 4.90 Å². The van der Waals surface area contributed by atoms with E-state index >= 15 is 0 Å². The van der Waals surface area contributed by atoms with Gasteiger partial charge in [0.1, 0.15) is 11.7 Å². The number of fused-ring (bicyclic) bond motifs is 3. The van der Waals surface area contributed by atoms with E-state index in [9.17, 15) is 10.1 Å². The summed E-state index contributed by atoms with van der Waals surface area (Å²) in [7, 11) is 1.75. The van der Waals surface area contributed by atoms with Crippen LogP contribution in [-0.2, 0) is 12.0 Å². The molecule has 0 saturated heterocycles. The SMILES string of the molecule is [C-]#[N+]c1ccc(-c2ccc3ncc4c(c3n2)N(c2ccc(C(C)(C)C#N)cc2)C(=O)N(C)C4)cn1. The molecule has 170 valence electrons. The molecule has 0 bridgehead atoms. The zero-order valence-electron chi connectivity index (χ0n) is 19.5. The van der Waals surface area contributed by atoms with Gasteiger partial charge in [-0.25, -0.2) is 9.78 Å². The van der Waals surface area contributed by atoms with Gasteiger partial charge in [0.25, 0.3) is 5.82 Å². The lowest BCUT2D eigenvalue weighted by Crippen LogP contribution is -2.42. The topological polar surface area (TPSA) is 90.4 Å². The Bertz CT molecular complexity index is 1540. The highest BCUT2D eigenvalue weighted by molar-refractivity contribution is 6.08. The van der Waals surface area contributed by atoms with Crippen LogP contribution in [0, 0.1) is 17.9 Å². The second-order valence-corrected chi connectivity index (χ2v) is 8.97. The van der Waals surface area contributed by atoms with E-state index in [4.69, 9.17) is 11.6 Å². The molecule has 8 heteroatoms. The van der Waals surface area contributed by atoms with Gasteiger partial charge in [0.2, 0.25) is 0 Å². The number of pyridine rings is 3. The summed E-state index contributed by atoms with van der Waals surface area (Å²) in [6, 6.07) is 16.8. The normalized spacial score (nSPS) is 13.3. The van der Waals surface area contributed by atoms with E-state index in [2.05, 4.69) is 20.9 Å². The first-order valence-electron chi connectivity index (χ1n) is 11.0. The van der Waals surface area contributed by atoms with Gasteiger partial charge in [-0.3, -0.25) is 9.88 Å². The van der Waals surface area contributed by atoms with Crippen LogP contribution in [0.1, 0.15) is 25.0 Å². The van der Waals surface area contributed by atoms with Crippen LogP contribution in [0.5, 0.6) is 0 Å². The quantitative estimate of drug-likeness (QED) is 0.364. The summed E-state index contributed by atoms with van der Waals surface area (Å²) in [6.45, 7) is 11.3. The van der Waals surface area contributed by atoms with Gasteiger partial charge in [0, 0.05) is 24.4 Å². The van der Waals surface area contributed by atoms with E-state index in [1.54, 1.807) is 35.3 Å². The molecule has 3 aromatic heterocycles. The van der Waals surface area contributed by atoms with E-state index < -0.39 is 5.41 Å². The third-order valence-corrected chi connectivity index (χ3v) is 6.20. The van der Waals surface area contributed by atoms with Gasteiger partial charge in [-0.1, -0.05) is 24.8 Å². The van der Waals surface area contributed by atoms with Crippen molar-refractivity contribution in [2.75, 3.05) is 11.9 Å². The van der Waals surface area contributed by atoms with E-state index in [-0.39, 0.29) is 6.03 Å². The number of aromatic nitrogens is 3. The minimum Gasteiger partial charge on any atom is -0.361 e. The highest BCUT2D eigenvalue weighted by atomic mass is 16.2. The molecule has 0 radical (unpaired) electrons. The second kappa shape index (κ2) is 8.19. The fraction of sp³-hybridized carbons (Fsp3) is 0.185. The zero-order chi connectivity index (χ0) is 24.7. The fourth-order valence-electron chi connectivity index (χ4n) is 4.14. The van der Waals surface area contributed by atoms with E-state index in [1.807, 2.05) is 56.3 Å². The van der Waals surface area contributed by atoms with Gasteiger partial charge >= 0.3 is 6.03 Å². The summed E-state index contributed by atoms with van der Waals surface area (Å²) in [6.07, 6.45) is 3.41. The highest BCUT2D eigenvalue weighted by Gasteiger charge is 2.32. The molecule has 0 saturated carbocycles. The molecule has 0 spiro atoms. The Morgan fingerprint density at radius 3 is 2.49 bits per heavy atom. The van der Waals surface area contributed by atoms with Gasteiger partial charge in [-0.2, -0.15) is 5.26 Å². The smallest absolute Gasteiger partial charge is 0.329 e. The summed E-state index contributed by atoms with van der Waals surface area (Å²) in [5.41, 5.74) is 5.22. The predicted molar refractivity (Wildman–Crippen MR) is 133 cm³/mol. The van der Waals surface area contributed by atoms with Crippen molar-refractivity contribution in [2.24, 2.45) is 0 Å². The van der Waals surface area contributed by atoms with Crippen LogP contribution in [0.25, 0.3) is 27.1 Å². The van der Waals surface area contributed by atoms with Crippen LogP contribution in [0.2, 0.25) is 0 Å². The summed E-state index contributed by atoms with van der Waals surface area (Å²) in [5.74, 6) is 0.316. The molecule has 0 atom stereocenters. The Hall–Kier alpha value is -4.82. The molecule has 2 amide bonds. The average molecular weight is 460 g/mol. The van der Waals surface area contributed by atoms with Gasteiger partial charge in [-0.15, -0.1) is 4.98 Å². The predicted octanol–water partition coefficient (Wildman–Crippen LogP) is 5.75. The summed E-state index contributed by atoms with van der Waals surface area (Å²) >= 11 is 0. The van der Waals surface area contributed by atoms with Crippen molar-refractivity contribution >= 4 is 34.3 Å². The number of nitriles is 1. The number of rotatable bonds is 3. The first-order valence-corrected chi connectivity index (χ1v) is 11.0.